The van der Waals surface area contributed by atoms with Crippen LogP contribution in [0.2, 0.25) is 0 Å². The zero-order valence-electron chi connectivity index (χ0n) is 11.4. The van der Waals surface area contributed by atoms with Gasteiger partial charge in [0.2, 0.25) is 0 Å². The normalized spacial score (nSPS) is 11.0. The Balaban J connectivity index is 2.04. The standard InChI is InChI=1S/C16H15BrN2OS/c17-13-1-2-15-14(9-13)16(3-5-18-15)19(6-7-20)10-12-4-8-21-11-12/h1-5,8-9,11,20H,6-7,10H2. The van der Waals surface area contributed by atoms with Crippen molar-refractivity contribution in [2.45, 2.75) is 6.54 Å². The van der Waals surface area contributed by atoms with Crippen LogP contribution >= 0.6 is 27.3 Å². The Morgan fingerprint density at radius 1 is 1.24 bits per heavy atom. The number of halogens is 1. The fourth-order valence-electron chi connectivity index (χ4n) is 2.39. The Kier molecular flexibility index (Phi) is 4.53. The van der Waals surface area contributed by atoms with Gasteiger partial charge in [-0.25, -0.2) is 0 Å². The van der Waals surface area contributed by atoms with E-state index in [1.54, 1.807) is 11.3 Å². The second-order valence-electron chi connectivity index (χ2n) is 4.77. The van der Waals surface area contributed by atoms with Gasteiger partial charge in [-0.15, -0.1) is 0 Å². The Hall–Kier alpha value is -1.43. The average Bonchev–Trinajstić information content (AvgIpc) is 2.99. The van der Waals surface area contributed by atoms with Gasteiger partial charge in [-0.3, -0.25) is 4.98 Å². The van der Waals surface area contributed by atoms with Crippen LogP contribution in [-0.2, 0) is 6.54 Å². The van der Waals surface area contributed by atoms with Gasteiger partial charge in [0.25, 0.3) is 0 Å². The lowest BCUT2D eigenvalue weighted by atomic mass is 10.1. The molecular formula is C16H15BrN2OS. The Labute approximate surface area is 136 Å². The fourth-order valence-corrected chi connectivity index (χ4v) is 3.41. The van der Waals surface area contributed by atoms with Gasteiger partial charge >= 0.3 is 0 Å². The quantitative estimate of drug-likeness (QED) is 0.743. The van der Waals surface area contributed by atoms with Crippen molar-refractivity contribution in [2.75, 3.05) is 18.1 Å². The van der Waals surface area contributed by atoms with Crippen molar-refractivity contribution in [3.63, 3.8) is 0 Å². The summed E-state index contributed by atoms with van der Waals surface area (Å²) in [6.45, 7) is 1.51. The van der Waals surface area contributed by atoms with E-state index in [1.807, 2.05) is 24.4 Å². The first-order valence-electron chi connectivity index (χ1n) is 6.69. The molecule has 0 saturated heterocycles. The highest BCUT2D eigenvalue weighted by molar-refractivity contribution is 9.10. The highest BCUT2D eigenvalue weighted by atomic mass is 79.9. The Morgan fingerprint density at radius 2 is 2.14 bits per heavy atom. The topological polar surface area (TPSA) is 36.4 Å². The molecule has 0 unspecified atom stereocenters. The van der Waals surface area contributed by atoms with Crippen LogP contribution in [0.5, 0.6) is 0 Å². The van der Waals surface area contributed by atoms with Crippen LogP contribution in [0.15, 0.2) is 51.8 Å². The van der Waals surface area contributed by atoms with Crippen molar-refractivity contribution in [1.82, 2.24) is 4.98 Å². The maximum absolute atomic E-state index is 9.39. The summed E-state index contributed by atoms with van der Waals surface area (Å²) >= 11 is 5.21. The van der Waals surface area contributed by atoms with E-state index in [4.69, 9.17) is 0 Å². The summed E-state index contributed by atoms with van der Waals surface area (Å²) in [5.41, 5.74) is 3.32. The molecule has 0 aliphatic rings. The minimum Gasteiger partial charge on any atom is -0.395 e. The van der Waals surface area contributed by atoms with Crippen LogP contribution in [0.25, 0.3) is 10.9 Å². The number of pyridine rings is 1. The predicted octanol–water partition coefficient (Wildman–Crippen LogP) is 4.06. The Bertz CT molecular complexity index is 730. The third-order valence-corrected chi connectivity index (χ3v) is 4.57. The molecule has 3 aromatic rings. The van der Waals surface area contributed by atoms with Crippen molar-refractivity contribution < 1.29 is 5.11 Å². The lowest BCUT2D eigenvalue weighted by Crippen LogP contribution is -2.26. The van der Waals surface area contributed by atoms with E-state index in [0.29, 0.717) is 6.54 Å². The minimum atomic E-state index is 0.127. The van der Waals surface area contributed by atoms with Gasteiger partial charge in [-0.2, -0.15) is 11.3 Å². The van der Waals surface area contributed by atoms with Crippen molar-refractivity contribution in [2.24, 2.45) is 0 Å². The van der Waals surface area contributed by atoms with Crippen LogP contribution < -0.4 is 4.90 Å². The zero-order chi connectivity index (χ0) is 14.7. The van der Waals surface area contributed by atoms with E-state index in [1.165, 1.54) is 5.56 Å². The molecule has 21 heavy (non-hydrogen) atoms. The number of anilines is 1. The lowest BCUT2D eigenvalue weighted by molar-refractivity contribution is 0.301. The van der Waals surface area contributed by atoms with Crippen molar-refractivity contribution in [3.8, 4) is 0 Å². The molecule has 0 bridgehead atoms. The summed E-state index contributed by atoms with van der Waals surface area (Å²) in [4.78, 5) is 6.61. The number of benzene rings is 1. The number of fused-ring (bicyclic) bond motifs is 1. The number of hydrogen-bond donors (Lipinski definition) is 1. The van der Waals surface area contributed by atoms with Gasteiger partial charge in [0.15, 0.2) is 0 Å². The highest BCUT2D eigenvalue weighted by Gasteiger charge is 2.11. The van der Waals surface area contributed by atoms with E-state index < -0.39 is 0 Å². The molecular weight excluding hydrogens is 348 g/mol. The SMILES string of the molecule is OCCN(Cc1ccsc1)c1ccnc2ccc(Br)cc12. The monoisotopic (exact) mass is 362 g/mol. The molecule has 1 N–H and O–H groups in total. The van der Waals surface area contributed by atoms with Gasteiger partial charge in [0.1, 0.15) is 0 Å². The largest absolute Gasteiger partial charge is 0.395 e. The van der Waals surface area contributed by atoms with Gasteiger partial charge < -0.3 is 10.0 Å². The molecule has 0 radical (unpaired) electrons. The van der Waals surface area contributed by atoms with E-state index in [9.17, 15) is 5.11 Å². The predicted molar refractivity (Wildman–Crippen MR) is 91.9 cm³/mol. The molecule has 2 heterocycles. The van der Waals surface area contributed by atoms with Crippen LogP contribution in [0.1, 0.15) is 5.56 Å². The van der Waals surface area contributed by atoms with Gasteiger partial charge in [-0.05, 0) is 46.7 Å². The van der Waals surface area contributed by atoms with Gasteiger partial charge in [0.05, 0.1) is 12.1 Å². The molecule has 108 valence electrons. The smallest absolute Gasteiger partial charge is 0.0723 e. The van der Waals surface area contributed by atoms with Gasteiger partial charge in [0, 0.05) is 34.8 Å². The third kappa shape index (κ3) is 3.26. The van der Waals surface area contributed by atoms with Crippen LogP contribution in [0.4, 0.5) is 5.69 Å². The molecule has 1 aromatic carbocycles. The molecule has 0 saturated carbocycles. The number of rotatable bonds is 5. The first-order valence-corrected chi connectivity index (χ1v) is 8.42. The number of hydrogen-bond acceptors (Lipinski definition) is 4. The number of thiophene rings is 1. The molecule has 0 atom stereocenters. The molecule has 3 rings (SSSR count). The van der Waals surface area contributed by atoms with E-state index in [2.05, 4.69) is 48.7 Å². The summed E-state index contributed by atoms with van der Waals surface area (Å²) in [7, 11) is 0. The first kappa shape index (κ1) is 14.5. The Morgan fingerprint density at radius 3 is 2.90 bits per heavy atom. The van der Waals surface area contributed by atoms with E-state index in [-0.39, 0.29) is 6.61 Å². The second-order valence-corrected chi connectivity index (χ2v) is 6.46. The second kappa shape index (κ2) is 6.56. The molecule has 0 fully saturated rings. The third-order valence-electron chi connectivity index (χ3n) is 3.34. The summed E-state index contributed by atoms with van der Waals surface area (Å²) in [5.74, 6) is 0. The zero-order valence-corrected chi connectivity index (χ0v) is 13.8. The maximum Gasteiger partial charge on any atom is 0.0723 e. The van der Waals surface area contributed by atoms with Crippen LogP contribution in [0, 0.1) is 0 Å². The van der Waals surface area contributed by atoms with Crippen LogP contribution in [0.3, 0.4) is 0 Å². The van der Waals surface area contributed by atoms with E-state index >= 15 is 0 Å². The summed E-state index contributed by atoms with van der Waals surface area (Å²) in [5, 5.41) is 14.7. The summed E-state index contributed by atoms with van der Waals surface area (Å²) in [6, 6.07) is 10.2. The van der Waals surface area contributed by atoms with Crippen molar-refractivity contribution >= 4 is 43.9 Å². The summed E-state index contributed by atoms with van der Waals surface area (Å²) < 4.78 is 1.03. The van der Waals surface area contributed by atoms with Crippen molar-refractivity contribution in [1.29, 1.82) is 0 Å². The fraction of sp³-hybridized carbons (Fsp3) is 0.188. The highest BCUT2D eigenvalue weighted by Crippen LogP contribution is 2.29. The number of aromatic nitrogens is 1. The van der Waals surface area contributed by atoms with Crippen LogP contribution in [-0.4, -0.2) is 23.2 Å². The molecule has 0 amide bonds. The molecule has 2 aromatic heterocycles. The number of nitrogens with zero attached hydrogens (tertiary/aromatic N) is 2. The lowest BCUT2D eigenvalue weighted by Gasteiger charge is -2.25. The minimum absolute atomic E-state index is 0.127. The molecule has 0 spiro atoms. The van der Waals surface area contributed by atoms with Crippen molar-refractivity contribution in [3.05, 3.63) is 57.3 Å². The maximum atomic E-state index is 9.39. The number of aliphatic hydroxyl groups excluding tert-OH is 1. The molecule has 0 aliphatic carbocycles. The van der Waals surface area contributed by atoms with E-state index in [0.717, 1.165) is 27.6 Å². The molecule has 5 heteroatoms. The summed E-state index contributed by atoms with van der Waals surface area (Å²) in [6.07, 6.45) is 1.82. The number of aliphatic hydroxyl groups is 1. The van der Waals surface area contributed by atoms with Gasteiger partial charge in [-0.1, -0.05) is 15.9 Å². The molecule has 0 aliphatic heterocycles. The average molecular weight is 363 g/mol. The molecule has 3 nitrogen and oxygen atoms in total. The first-order chi connectivity index (χ1) is 10.3.